The molecule has 0 atom stereocenters. The third-order valence-corrected chi connectivity index (χ3v) is 3.83. The van der Waals surface area contributed by atoms with E-state index >= 15 is 0 Å². The maximum atomic E-state index is 13.1. The molecule has 3 aromatic rings. The van der Waals surface area contributed by atoms with E-state index in [-0.39, 0.29) is 5.82 Å². The molecule has 21 heavy (non-hydrogen) atoms. The van der Waals surface area contributed by atoms with Gasteiger partial charge in [-0.05, 0) is 52.3 Å². The van der Waals surface area contributed by atoms with Gasteiger partial charge in [0.05, 0.1) is 10.7 Å². The van der Waals surface area contributed by atoms with Crippen molar-refractivity contribution in [2.45, 2.75) is 0 Å². The van der Waals surface area contributed by atoms with Crippen LogP contribution >= 0.6 is 27.5 Å². The zero-order chi connectivity index (χ0) is 15.0. The first-order valence-corrected chi connectivity index (χ1v) is 7.06. The van der Waals surface area contributed by atoms with Gasteiger partial charge in [-0.25, -0.2) is 4.39 Å². The van der Waals surface area contributed by atoms with Crippen LogP contribution in [0.4, 0.5) is 10.1 Å². The van der Waals surface area contributed by atoms with Crippen molar-refractivity contribution < 1.29 is 8.91 Å². The van der Waals surface area contributed by atoms with Crippen LogP contribution in [0.3, 0.4) is 0 Å². The topological polar surface area (TPSA) is 64.9 Å². The fourth-order valence-corrected chi connectivity index (χ4v) is 2.49. The SMILES string of the molecule is Nc1ccc(-c2nc(-c3ccc(F)cc3Br)no2)cc1Cl. The second-order valence-electron chi connectivity index (χ2n) is 4.28. The number of benzene rings is 2. The standard InChI is InChI=1S/C14H8BrClFN3O/c15-10-6-8(17)2-3-9(10)13-19-14(21-20-13)7-1-4-12(18)11(16)5-7/h1-6H,18H2. The van der Waals surface area contributed by atoms with Gasteiger partial charge in [-0.3, -0.25) is 0 Å². The quantitative estimate of drug-likeness (QED) is 0.674. The number of hydrogen-bond donors (Lipinski definition) is 1. The number of hydrogen-bond acceptors (Lipinski definition) is 4. The highest BCUT2D eigenvalue weighted by Crippen LogP contribution is 2.30. The molecule has 0 amide bonds. The molecule has 0 aliphatic carbocycles. The van der Waals surface area contributed by atoms with Crippen molar-refractivity contribution in [2.75, 3.05) is 5.73 Å². The minimum atomic E-state index is -0.348. The van der Waals surface area contributed by atoms with Crippen molar-refractivity contribution in [1.29, 1.82) is 0 Å². The van der Waals surface area contributed by atoms with Gasteiger partial charge in [0.2, 0.25) is 5.82 Å². The predicted octanol–water partition coefficient (Wildman–Crippen LogP) is 4.54. The maximum Gasteiger partial charge on any atom is 0.258 e. The first-order chi connectivity index (χ1) is 10.0. The highest BCUT2D eigenvalue weighted by atomic mass is 79.9. The molecule has 0 bridgehead atoms. The van der Waals surface area contributed by atoms with Crippen molar-refractivity contribution in [1.82, 2.24) is 10.1 Å². The Morgan fingerprint density at radius 3 is 2.71 bits per heavy atom. The Hall–Kier alpha value is -1.92. The summed E-state index contributed by atoms with van der Waals surface area (Å²) in [7, 11) is 0. The lowest BCUT2D eigenvalue weighted by Gasteiger charge is -1.99. The predicted molar refractivity (Wildman–Crippen MR) is 82.3 cm³/mol. The zero-order valence-electron chi connectivity index (χ0n) is 10.5. The summed E-state index contributed by atoms with van der Waals surface area (Å²) in [5.74, 6) is 0.313. The summed E-state index contributed by atoms with van der Waals surface area (Å²) in [6.45, 7) is 0. The summed E-state index contributed by atoms with van der Waals surface area (Å²) in [4.78, 5) is 4.28. The number of rotatable bonds is 2. The minimum absolute atomic E-state index is 0.308. The van der Waals surface area contributed by atoms with Crippen molar-refractivity contribution in [3.05, 3.63) is 51.7 Å². The number of nitrogen functional groups attached to an aromatic ring is 1. The number of nitrogens with zero attached hydrogens (tertiary/aromatic N) is 2. The molecule has 0 fully saturated rings. The van der Waals surface area contributed by atoms with E-state index in [1.807, 2.05) is 0 Å². The van der Waals surface area contributed by atoms with Crippen LogP contribution in [0, 0.1) is 5.82 Å². The van der Waals surface area contributed by atoms with Gasteiger partial charge < -0.3 is 10.3 Å². The van der Waals surface area contributed by atoms with Crippen LogP contribution in [0.25, 0.3) is 22.8 Å². The first kappa shape index (κ1) is 14.0. The molecule has 0 unspecified atom stereocenters. The third kappa shape index (κ3) is 2.77. The molecule has 7 heteroatoms. The minimum Gasteiger partial charge on any atom is -0.398 e. The van der Waals surface area contributed by atoms with Gasteiger partial charge in [-0.15, -0.1) is 0 Å². The van der Waals surface area contributed by atoms with Crippen LogP contribution in [0.1, 0.15) is 0 Å². The summed E-state index contributed by atoms with van der Waals surface area (Å²) in [5, 5.41) is 4.30. The fraction of sp³-hybridized carbons (Fsp3) is 0. The second kappa shape index (κ2) is 5.46. The highest BCUT2D eigenvalue weighted by molar-refractivity contribution is 9.10. The summed E-state index contributed by atoms with van der Waals surface area (Å²) in [5.41, 5.74) is 7.42. The number of aromatic nitrogens is 2. The normalized spacial score (nSPS) is 10.8. The van der Waals surface area contributed by atoms with Crippen LogP contribution in [-0.4, -0.2) is 10.1 Å². The second-order valence-corrected chi connectivity index (χ2v) is 5.55. The Labute approximate surface area is 132 Å². The number of halogens is 3. The van der Waals surface area contributed by atoms with Crippen molar-refractivity contribution in [3.63, 3.8) is 0 Å². The van der Waals surface area contributed by atoms with Gasteiger partial charge in [-0.2, -0.15) is 4.98 Å². The molecule has 4 nitrogen and oxygen atoms in total. The summed E-state index contributed by atoms with van der Waals surface area (Å²) in [6.07, 6.45) is 0. The average Bonchev–Trinajstić information content (AvgIpc) is 2.91. The van der Waals surface area contributed by atoms with E-state index < -0.39 is 0 Å². The van der Waals surface area contributed by atoms with Crippen LogP contribution in [0.5, 0.6) is 0 Å². The largest absolute Gasteiger partial charge is 0.398 e. The maximum absolute atomic E-state index is 13.1. The molecule has 2 N–H and O–H groups in total. The Balaban J connectivity index is 2.01. The van der Waals surface area contributed by atoms with E-state index in [0.29, 0.717) is 38.0 Å². The Bertz CT molecular complexity index is 822. The van der Waals surface area contributed by atoms with Gasteiger partial charge in [-0.1, -0.05) is 16.8 Å². The Kier molecular flexibility index (Phi) is 3.65. The molecule has 106 valence electrons. The van der Waals surface area contributed by atoms with Gasteiger partial charge in [0, 0.05) is 15.6 Å². The molecular formula is C14H8BrClFN3O. The van der Waals surface area contributed by atoms with Gasteiger partial charge >= 0.3 is 0 Å². The van der Waals surface area contributed by atoms with Crippen LogP contribution in [-0.2, 0) is 0 Å². The first-order valence-electron chi connectivity index (χ1n) is 5.89. The number of nitrogens with two attached hydrogens (primary N) is 1. The molecule has 3 rings (SSSR count). The molecule has 0 spiro atoms. The lowest BCUT2D eigenvalue weighted by atomic mass is 10.2. The van der Waals surface area contributed by atoms with E-state index in [9.17, 15) is 4.39 Å². The highest BCUT2D eigenvalue weighted by Gasteiger charge is 2.14. The number of anilines is 1. The summed E-state index contributed by atoms with van der Waals surface area (Å²) < 4.78 is 18.9. The molecule has 1 aromatic heterocycles. The van der Waals surface area contributed by atoms with Gasteiger partial charge in [0.15, 0.2) is 0 Å². The lowest BCUT2D eigenvalue weighted by molar-refractivity contribution is 0.432. The van der Waals surface area contributed by atoms with E-state index in [0.717, 1.165) is 0 Å². The van der Waals surface area contributed by atoms with E-state index in [1.165, 1.54) is 12.1 Å². The average molecular weight is 369 g/mol. The molecule has 1 heterocycles. The summed E-state index contributed by atoms with van der Waals surface area (Å²) in [6, 6.07) is 9.28. The van der Waals surface area contributed by atoms with Crippen LogP contribution in [0.15, 0.2) is 45.4 Å². The van der Waals surface area contributed by atoms with E-state index in [1.54, 1.807) is 24.3 Å². The lowest BCUT2D eigenvalue weighted by Crippen LogP contribution is -1.87. The van der Waals surface area contributed by atoms with Gasteiger partial charge in [0.1, 0.15) is 5.82 Å². The third-order valence-electron chi connectivity index (χ3n) is 2.85. The van der Waals surface area contributed by atoms with Crippen LogP contribution < -0.4 is 5.73 Å². The molecule has 0 aliphatic rings. The van der Waals surface area contributed by atoms with E-state index in [2.05, 4.69) is 26.1 Å². The van der Waals surface area contributed by atoms with Crippen molar-refractivity contribution >= 4 is 33.2 Å². The Morgan fingerprint density at radius 1 is 1.19 bits per heavy atom. The Morgan fingerprint density at radius 2 is 2.00 bits per heavy atom. The molecular weight excluding hydrogens is 361 g/mol. The molecule has 0 saturated heterocycles. The zero-order valence-corrected chi connectivity index (χ0v) is 12.8. The van der Waals surface area contributed by atoms with E-state index in [4.69, 9.17) is 21.9 Å². The monoisotopic (exact) mass is 367 g/mol. The van der Waals surface area contributed by atoms with Crippen LogP contribution in [0.2, 0.25) is 5.02 Å². The molecule has 0 saturated carbocycles. The fourth-order valence-electron chi connectivity index (χ4n) is 1.78. The van der Waals surface area contributed by atoms with Gasteiger partial charge in [0.25, 0.3) is 5.89 Å². The summed E-state index contributed by atoms with van der Waals surface area (Å²) >= 11 is 9.24. The molecule has 0 radical (unpaired) electrons. The smallest absolute Gasteiger partial charge is 0.258 e. The molecule has 0 aliphatic heterocycles. The van der Waals surface area contributed by atoms with Crippen molar-refractivity contribution in [3.8, 4) is 22.8 Å². The van der Waals surface area contributed by atoms with Crippen molar-refractivity contribution in [2.24, 2.45) is 0 Å². The molecule has 2 aromatic carbocycles.